The van der Waals surface area contributed by atoms with Crippen LogP contribution in [0.4, 0.5) is 4.79 Å². The first kappa shape index (κ1) is 17.9. The number of ether oxygens (including phenoxy) is 1. The van der Waals surface area contributed by atoms with Gasteiger partial charge in [0.25, 0.3) is 0 Å². The molecule has 0 radical (unpaired) electrons. The Morgan fingerprint density at radius 3 is 2.38 bits per heavy atom. The average molecular weight is 330 g/mol. The smallest absolute Gasteiger partial charge is 0.408 e. The molecule has 0 aromatic heterocycles. The van der Waals surface area contributed by atoms with Crippen LogP contribution in [0, 0.1) is 5.92 Å². The Labute approximate surface area is 134 Å². The third kappa shape index (κ3) is 4.93. The van der Waals surface area contributed by atoms with Crippen LogP contribution in [0.1, 0.15) is 27.7 Å². The summed E-state index contributed by atoms with van der Waals surface area (Å²) in [6.07, 6.45) is -0.572. The maximum atomic E-state index is 12.1. The van der Waals surface area contributed by atoms with Crippen molar-refractivity contribution in [3.63, 3.8) is 0 Å². The summed E-state index contributed by atoms with van der Waals surface area (Å²) in [5, 5.41) is 0.363. The average Bonchev–Trinajstić information content (AvgIpc) is 2.39. The van der Waals surface area contributed by atoms with E-state index < -0.39 is 10.8 Å². The summed E-state index contributed by atoms with van der Waals surface area (Å²) in [6, 6.07) is 6.74. The van der Waals surface area contributed by atoms with Gasteiger partial charge in [-0.05, 0) is 37.9 Å². The maximum absolute atomic E-state index is 12.1. The number of benzene rings is 1. The lowest BCUT2D eigenvalue weighted by Crippen LogP contribution is -2.37. The zero-order valence-corrected chi connectivity index (χ0v) is 14.4. The maximum Gasteiger partial charge on any atom is 0.425 e. The summed E-state index contributed by atoms with van der Waals surface area (Å²) in [7, 11) is 1.57. The van der Waals surface area contributed by atoms with Crippen LogP contribution in [-0.4, -0.2) is 28.0 Å². The molecule has 0 saturated heterocycles. The van der Waals surface area contributed by atoms with Gasteiger partial charge in [0.05, 0.1) is 9.77 Å². The second kappa shape index (κ2) is 7.18. The summed E-state index contributed by atoms with van der Waals surface area (Å²) >= 11 is 7.08. The van der Waals surface area contributed by atoms with Crippen molar-refractivity contribution >= 4 is 35.4 Å². The summed E-state index contributed by atoms with van der Waals surface area (Å²) in [5.41, 5.74) is 0. The highest BCUT2D eigenvalue weighted by Gasteiger charge is 2.33. The van der Waals surface area contributed by atoms with E-state index in [0.717, 1.165) is 11.9 Å². The Kier molecular flexibility index (Phi) is 6.10. The van der Waals surface area contributed by atoms with Crippen molar-refractivity contribution in [2.45, 2.75) is 32.4 Å². The molecule has 6 heteroatoms. The molecule has 1 aromatic rings. The highest BCUT2D eigenvalue weighted by atomic mass is 35.5. The van der Waals surface area contributed by atoms with Crippen molar-refractivity contribution in [3.05, 3.63) is 29.3 Å². The predicted molar refractivity (Wildman–Crippen MR) is 86.8 cm³/mol. The van der Waals surface area contributed by atoms with E-state index in [4.69, 9.17) is 16.3 Å². The van der Waals surface area contributed by atoms with E-state index in [0.29, 0.717) is 10.8 Å². The number of Topliss-reactive ketones (excluding diaryl/α,β-unsaturated/α-hetero) is 1. The Bertz CT molecular complexity index is 531. The number of carbonyl (C=O) groups excluding carboxylic acids is 2. The van der Waals surface area contributed by atoms with Crippen LogP contribution < -0.4 is 4.74 Å². The molecule has 1 aromatic carbocycles. The molecule has 0 heterocycles. The molecule has 0 aliphatic carbocycles. The number of carbonyl (C=O) groups is 2. The predicted octanol–water partition coefficient (Wildman–Crippen LogP) is 4.42. The largest absolute Gasteiger partial charge is 0.425 e. The normalized spacial score (nSPS) is 11.4. The molecule has 1 amide bonds. The number of amides is 1. The first-order chi connectivity index (χ1) is 9.65. The SMILES string of the molecule is CC(C)C(=O)C(C)(C)SN(C)C(=O)Oc1ccccc1Cl. The quantitative estimate of drug-likeness (QED) is 0.750. The van der Waals surface area contributed by atoms with E-state index in [1.54, 1.807) is 45.2 Å². The second-order valence-corrected chi connectivity index (χ2v) is 7.57. The van der Waals surface area contributed by atoms with E-state index >= 15 is 0 Å². The number of halogens is 1. The van der Waals surface area contributed by atoms with Gasteiger partial charge in [0.15, 0.2) is 11.5 Å². The van der Waals surface area contributed by atoms with Crippen LogP contribution >= 0.6 is 23.5 Å². The molecule has 116 valence electrons. The molecule has 4 nitrogen and oxygen atoms in total. The molecular formula is C15H20ClNO3S. The van der Waals surface area contributed by atoms with E-state index in [2.05, 4.69) is 0 Å². The van der Waals surface area contributed by atoms with Crippen molar-refractivity contribution in [2.24, 2.45) is 5.92 Å². The van der Waals surface area contributed by atoms with Crippen LogP contribution in [0.15, 0.2) is 24.3 Å². The second-order valence-electron chi connectivity index (χ2n) is 5.42. The van der Waals surface area contributed by atoms with E-state index in [1.165, 1.54) is 4.31 Å². The fourth-order valence-electron chi connectivity index (χ4n) is 1.81. The molecule has 0 unspecified atom stereocenters. The number of hydrogen-bond donors (Lipinski definition) is 0. The van der Waals surface area contributed by atoms with Crippen LogP contribution in [-0.2, 0) is 4.79 Å². The Morgan fingerprint density at radius 2 is 1.86 bits per heavy atom. The zero-order chi connectivity index (χ0) is 16.2. The fraction of sp³-hybridized carbons (Fsp3) is 0.467. The van der Waals surface area contributed by atoms with Gasteiger partial charge in [-0.1, -0.05) is 37.6 Å². The number of nitrogens with zero attached hydrogens (tertiary/aromatic N) is 1. The van der Waals surface area contributed by atoms with Crippen molar-refractivity contribution < 1.29 is 14.3 Å². The van der Waals surface area contributed by atoms with E-state index in [-0.39, 0.29) is 11.7 Å². The van der Waals surface area contributed by atoms with Gasteiger partial charge in [-0.15, -0.1) is 0 Å². The standard InChI is InChI=1S/C15H20ClNO3S/c1-10(2)13(18)15(3,4)21-17(5)14(19)20-12-9-7-6-8-11(12)16/h6-10H,1-5H3. The molecule has 0 bridgehead atoms. The first-order valence-electron chi connectivity index (χ1n) is 6.58. The van der Waals surface area contributed by atoms with Gasteiger partial charge >= 0.3 is 6.09 Å². The molecule has 0 atom stereocenters. The van der Waals surface area contributed by atoms with Gasteiger partial charge in [0, 0.05) is 13.0 Å². The zero-order valence-electron chi connectivity index (χ0n) is 12.8. The number of ketones is 1. The van der Waals surface area contributed by atoms with E-state index in [9.17, 15) is 9.59 Å². The first-order valence-corrected chi connectivity index (χ1v) is 7.74. The fourth-order valence-corrected chi connectivity index (χ4v) is 3.10. The Morgan fingerprint density at radius 1 is 1.29 bits per heavy atom. The number of para-hydroxylation sites is 1. The van der Waals surface area contributed by atoms with Gasteiger partial charge in [0.1, 0.15) is 0 Å². The van der Waals surface area contributed by atoms with Gasteiger partial charge in [-0.2, -0.15) is 0 Å². The third-order valence-electron chi connectivity index (χ3n) is 2.77. The summed E-state index contributed by atoms with van der Waals surface area (Å²) < 4.78 is 5.82. The Balaban J connectivity index is 2.71. The van der Waals surface area contributed by atoms with Crippen LogP contribution in [0.5, 0.6) is 5.75 Å². The molecule has 1 rings (SSSR count). The minimum absolute atomic E-state index is 0.0740. The third-order valence-corrected chi connectivity index (χ3v) is 4.17. The molecule has 21 heavy (non-hydrogen) atoms. The van der Waals surface area contributed by atoms with E-state index in [1.807, 2.05) is 13.8 Å². The lowest BCUT2D eigenvalue weighted by molar-refractivity contribution is -0.123. The summed E-state index contributed by atoms with van der Waals surface area (Å²) in [6.45, 7) is 7.26. The Hall–Kier alpha value is -1.20. The van der Waals surface area contributed by atoms with Crippen LogP contribution in [0.2, 0.25) is 5.02 Å². The van der Waals surface area contributed by atoms with Crippen molar-refractivity contribution in [2.75, 3.05) is 7.05 Å². The molecule has 0 aliphatic rings. The molecule has 0 fully saturated rings. The molecule has 0 N–H and O–H groups in total. The molecule has 0 saturated carbocycles. The minimum Gasteiger partial charge on any atom is -0.408 e. The molecule has 0 aliphatic heterocycles. The van der Waals surface area contributed by atoms with Gasteiger partial charge in [-0.3, -0.25) is 9.10 Å². The van der Waals surface area contributed by atoms with Crippen molar-refractivity contribution in [1.29, 1.82) is 0 Å². The molecule has 0 spiro atoms. The van der Waals surface area contributed by atoms with Crippen LogP contribution in [0.25, 0.3) is 0 Å². The monoisotopic (exact) mass is 329 g/mol. The topological polar surface area (TPSA) is 46.6 Å². The lowest BCUT2D eigenvalue weighted by Gasteiger charge is -2.28. The number of hydrogen-bond acceptors (Lipinski definition) is 4. The summed E-state index contributed by atoms with van der Waals surface area (Å²) in [5.74, 6) is 0.273. The van der Waals surface area contributed by atoms with Gasteiger partial charge in [0.2, 0.25) is 0 Å². The highest BCUT2D eigenvalue weighted by Crippen LogP contribution is 2.32. The lowest BCUT2D eigenvalue weighted by atomic mass is 9.98. The van der Waals surface area contributed by atoms with Gasteiger partial charge in [-0.25, -0.2) is 4.79 Å². The number of rotatable bonds is 5. The summed E-state index contributed by atoms with van der Waals surface area (Å²) in [4.78, 5) is 24.2. The molecular weight excluding hydrogens is 310 g/mol. The minimum atomic E-state index is -0.706. The van der Waals surface area contributed by atoms with Crippen molar-refractivity contribution in [3.8, 4) is 5.75 Å². The van der Waals surface area contributed by atoms with Crippen molar-refractivity contribution in [1.82, 2.24) is 4.31 Å². The highest BCUT2D eigenvalue weighted by molar-refractivity contribution is 7.99. The van der Waals surface area contributed by atoms with Gasteiger partial charge < -0.3 is 4.74 Å². The van der Waals surface area contributed by atoms with Crippen LogP contribution in [0.3, 0.4) is 0 Å².